The average Bonchev–Trinajstić information content (AvgIpc) is 2.94. The molecule has 0 unspecified atom stereocenters. The minimum absolute atomic E-state index is 0.0326. The number of fused-ring (bicyclic) bond motifs is 1. The Hall–Kier alpha value is -3.69. The van der Waals surface area contributed by atoms with Crippen LogP contribution >= 0.6 is 24.5 Å². The summed E-state index contributed by atoms with van der Waals surface area (Å²) in [7, 11) is 2.98. The number of anilines is 1. The lowest BCUT2D eigenvalue weighted by molar-refractivity contribution is -0.672. The molecule has 1 aliphatic heterocycles. The summed E-state index contributed by atoms with van der Waals surface area (Å²) in [5.74, 6) is 1.18. The molecule has 1 N–H and O–H groups in total. The molecule has 0 saturated carbocycles. The lowest BCUT2D eigenvalue weighted by Gasteiger charge is -2.17. The van der Waals surface area contributed by atoms with Crippen molar-refractivity contribution in [3.05, 3.63) is 76.3 Å². The van der Waals surface area contributed by atoms with Gasteiger partial charge in [0.25, 0.3) is 5.69 Å². The number of carbonyl (C=O) groups excluding carboxylic acids is 2. The van der Waals surface area contributed by atoms with E-state index in [0.717, 1.165) is 17.0 Å². The van der Waals surface area contributed by atoms with Crippen LogP contribution in [-0.2, 0) is 15.5 Å². The molecule has 198 valence electrons. The second-order valence-corrected chi connectivity index (χ2v) is 9.08. The molecule has 0 spiro atoms. The molecule has 1 amide bonds. The van der Waals surface area contributed by atoms with Crippen molar-refractivity contribution in [2.75, 3.05) is 26.1 Å². The van der Waals surface area contributed by atoms with Gasteiger partial charge in [-0.3, -0.25) is 9.59 Å². The molecular formula is C28H28ClN2O6S+. The fourth-order valence-corrected chi connectivity index (χ4v) is 4.45. The number of halogens is 1. The SMILES string of the molecule is COc1ccc([N+](=CCCCOc2ccc3c(c2)CCC(=O)N3)OS)c(C(=O)c2ccc(Cl)cc2)c1OC. The number of carbonyl (C=O) groups is 2. The van der Waals surface area contributed by atoms with Gasteiger partial charge in [-0.15, -0.1) is 0 Å². The van der Waals surface area contributed by atoms with E-state index in [9.17, 15) is 9.59 Å². The number of nitrogens with one attached hydrogen (secondary N) is 1. The minimum atomic E-state index is -0.289. The molecule has 0 aliphatic carbocycles. The van der Waals surface area contributed by atoms with Crippen LogP contribution in [0.3, 0.4) is 0 Å². The van der Waals surface area contributed by atoms with E-state index < -0.39 is 0 Å². The van der Waals surface area contributed by atoms with E-state index in [2.05, 4.69) is 18.2 Å². The number of hydrogen-bond acceptors (Lipinski definition) is 7. The summed E-state index contributed by atoms with van der Waals surface area (Å²) in [5, 5.41) is 3.39. The monoisotopic (exact) mass is 555 g/mol. The highest BCUT2D eigenvalue weighted by Gasteiger charge is 2.30. The van der Waals surface area contributed by atoms with Gasteiger partial charge in [0.2, 0.25) is 17.9 Å². The molecule has 38 heavy (non-hydrogen) atoms. The summed E-state index contributed by atoms with van der Waals surface area (Å²) >= 11 is 10.0. The van der Waals surface area contributed by atoms with Gasteiger partial charge in [-0.2, -0.15) is 4.28 Å². The molecule has 3 aromatic rings. The van der Waals surface area contributed by atoms with E-state index >= 15 is 0 Å². The number of rotatable bonds is 11. The normalized spacial score (nSPS) is 12.8. The van der Waals surface area contributed by atoms with Crippen LogP contribution < -0.4 is 19.5 Å². The molecule has 0 fully saturated rings. The smallest absolute Gasteiger partial charge is 0.273 e. The summed E-state index contributed by atoms with van der Waals surface area (Å²) < 4.78 is 23.6. The maximum Gasteiger partial charge on any atom is 0.273 e. The van der Waals surface area contributed by atoms with Gasteiger partial charge in [-0.1, -0.05) is 11.6 Å². The second kappa shape index (κ2) is 12.7. The summed E-state index contributed by atoms with van der Waals surface area (Å²) in [6.45, 7) is 0.463. The van der Waals surface area contributed by atoms with Gasteiger partial charge < -0.3 is 19.5 Å². The fraction of sp³-hybridized carbons (Fsp3) is 0.250. The van der Waals surface area contributed by atoms with Crippen LogP contribution in [0.5, 0.6) is 17.2 Å². The zero-order valence-electron chi connectivity index (χ0n) is 21.0. The van der Waals surface area contributed by atoms with Crippen molar-refractivity contribution in [3.8, 4) is 17.2 Å². The summed E-state index contributed by atoms with van der Waals surface area (Å²) in [4.78, 5) is 25.1. The van der Waals surface area contributed by atoms with Gasteiger partial charge in [-0.25, -0.2) is 0 Å². The van der Waals surface area contributed by atoms with Crippen LogP contribution in [0, 0.1) is 0 Å². The van der Waals surface area contributed by atoms with Crippen LogP contribution in [0.4, 0.5) is 11.4 Å². The third kappa shape index (κ3) is 6.23. The number of thiol groups is 1. The molecule has 0 aromatic heterocycles. The molecule has 10 heteroatoms. The number of methoxy groups -OCH3 is 2. The number of nitrogens with zero attached hydrogens (tertiary/aromatic N) is 1. The first kappa shape index (κ1) is 27.3. The maximum absolute atomic E-state index is 13.6. The Kier molecular flexibility index (Phi) is 9.15. The lowest BCUT2D eigenvalue weighted by Crippen LogP contribution is -2.18. The number of unbranched alkanes of at least 4 members (excludes halogenated alkanes) is 1. The van der Waals surface area contributed by atoms with E-state index in [1.54, 1.807) is 42.6 Å². The van der Waals surface area contributed by atoms with Crippen LogP contribution in [0.15, 0.2) is 54.6 Å². The molecule has 3 aromatic carbocycles. The van der Waals surface area contributed by atoms with Crippen molar-refractivity contribution in [2.45, 2.75) is 25.7 Å². The van der Waals surface area contributed by atoms with Crippen LogP contribution in [0.2, 0.25) is 5.02 Å². The fourth-order valence-electron chi connectivity index (χ4n) is 4.17. The first-order valence-electron chi connectivity index (χ1n) is 12.0. The number of benzene rings is 3. The third-order valence-corrected chi connectivity index (χ3v) is 6.49. The van der Waals surface area contributed by atoms with E-state index in [-0.39, 0.29) is 23.0 Å². The Balaban J connectivity index is 1.50. The molecule has 0 bridgehead atoms. The quantitative estimate of drug-likeness (QED) is 0.0589. The highest BCUT2D eigenvalue weighted by molar-refractivity contribution is 7.74. The molecule has 4 rings (SSSR count). The molecule has 0 radical (unpaired) electrons. The van der Waals surface area contributed by atoms with Crippen molar-refractivity contribution in [1.29, 1.82) is 0 Å². The number of ether oxygens (including phenoxy) is 3. The molecule has 1 aliphatic rings. The topological polar surface area (TPSA) is 86.1 Å². The highest BCUT2D eigenvalue weighted by Crippen LogP contribution is 2.39. The zero-order valence-corrected chi connectivity index (χ0v) is 22.7. The van der Waals surface area contributed by atoms with E-state index in [1.165, 1.54) is 19.0 Å². The standard InChI is InChI=1S/C28H27ClN2O6S/c1-34-24-13-12-23(26(28(24)35-2)27(33)18-5-8-20(29)9-6-18)31(37-38)15-3-4-16-36-21-10-11-22-19(17-21)7-14-25(32)30-22/h5-6,8-13,15,17H,3-4,7,14,16H2,1-2H3,(H-,30,32,38)/p+1. The van der Waals surface area contributed by atoms with Gasteiger partial charge in [0.15, 0.2) is 11.5 Å². The Morgan fingerprint density at radius 1 is 1.08 bits per heavy atom. The average molecular weight is 556 g/mol. The van der Waals surface area contributed by atoms with Crippen molar-refractivity contribution in [2.24, 2.45) is 0 Å². The van der Waals surface area contributed by atoms with Crippen LogP contribution in [-0.4, -0.2) is 43.5 Å². The van der Waals surface area contributed by atoms with Crippen molar-refractivity contribution in [3.63, 3.8) is 0 Å². The van der Waals surface area contributed by atoms with Gasteiger partial charge in [0.05, 0.1) is 20.8 Å². The summed E-state index contributed by atoms with van der Waals surface area (Å²) in [6.07, 6.45) is 4.20. The predicted octanol–water partition coefficient (Wildman–Crippen LogP) is 5.82. The Morgan fingerprint density at radius 2 is 1.87 bits per heavy atom. The van der Waals surface area contributed by atoms with E-state index in [0.29, 0.717) is 54.3 Å². The lowest BCUT2D eigenvalue weighted by atomic mass is 10.00. The van der Waals surface area contributed by atoms with Crippen molar-refractivity contribution >= 4 is 53.8 Å². The molecule has 1 heterocycles. The minimum Gasteiger partial charge on any atom is -0.494 e. The third-order valence-electron chi connectivity index (χ3n) is 6.07. The van der Waals surface area contributed by atoms with Gasteiger partial charge in [0.1, 0.15) is 24.2 Å². The zero-order chi connectivity index (χ0) is 27.1. The van der Waals surface area contributed by atoms with Crippen LogP contribution in [0.1, 0.15) is 40.7 Å². The summed E-state index contributed by atoms with van der Waals surface area (Å²) in [6, 6.07) is 15.7. The number of ketones is 1. The predicted molar refractivity (Wildman–Crippen MR) is 149 cm³/mol. The second-order valence-electron chi connectivity index (χ2n) is 8.48. The first-order valence-corrected chi connectivity index (χ1v) is 12.7. The van der Waals surface area contributed by atoms with Gasteiger partial charge in [0, 0.05) is 39.9 Å². The van der Waals surface area contributed by atoms with Gasteiger partial charge >= 0.3 is 0 Å². The van der Waals surface area contributed by atoms with Crippen LogP contribution in [0.25, 0.3) is 0 Å². The Labute approximate surface area is 231 Å². The molecular weight excluding hydrogens is 528 g/mol. The molecule has 0 saturated heterocycles. The maximum atomic E-state index is 13.6. The Morgan fingerprint density at radius 3 is 2.58 bits per heavy atom. The number of hydrogen-bond donors (Lipinski definition) is 2. The largest absolute Gasteiger partial charge is 0.494 e. The summed E-state index contributed by atoms with van der Waals surface area (Å²) in [5.41, 5.74) is 3.03. The number of aryl methyl sites for hydroxylation is 1. The van der Waals surface area contributed by atoms with Gasteiger partial charge in [-0.05, 0) is 66.9 Å². The molecule has 0 atom stereocenters. The van der Waals surface area contributed by atoms with Crippen molar-refractivity contribution < 1.29 is 32.8 Å². The molecule has 8 nitrogen and oxygen atoms in total. The van der Waals surface area contributed by atoms with E-state index in [4.69, 9.17) is 30.1 Å². The Bertz CT molecular complexity index is 1360. The van der Waals surface area contributed by atoms with Crippen molar-refractivity contribution in [1.82, 2.24) is 0 Å². The highest BCUT2D eigenvalue weighted by atomic mass is 35.5. The number of amides is 1. The van der Waals surface area contributed by atoms with E-state index in [1.807, 2.05) is 18.2 Å². The first-order chi connectivity index (χ1) is 18.4.